The average Bonchev–Trinajstić information content (AvgIpc) is 3.22. The molecule has 0 aliphatic carbocycles. The zero-order valence-corrected chi connectivity index (χ0v) is 28.7. The van der Waals surface area contributed by atoms with Gasteiger partial charge in [0.1, 0.15) is 11.5 Å². The van der Waals surface area contributed by atoms with E-state index in [4.69, 9.17) is 21.1 Å². The van der Waals surface area contributed by atoms with Gasteiger partial charge in [-0.1, -0.05) is 54.1 Å². The quantitative estimate of drug-likeness (QED) is 0.255. The molecule has 12 heteroatoms. The molecule has 2 N–H and O–H groups in total. The van der Waals surface area contributed by atoms with Gasteiger partial charge < -0.3 is 24.6 Å². The van der Waals surface area contributed by atoms with Crippen molar-refractivity contribution in [1.29, 1.82) is 0 Å². The fourth-order valence-electron chi connectivity index (χ4n) is 5.21. The highest BCUT2D eigenvalue weighted by Crippen LogP contribution is 2.46. The molecule has 0 aromatic heterocycles. The Kier molecular flexibility index (Phi) is 12.2. The lowest BCUT2D eigenvalue weighted by molar-refractivity contribution is -0.126. The van der Waals surface area contributed by atoms with Gasteiger partial charge in [-0.2, -0.15) is 5.10 Å². The molecule has 48 heavy (non-hydrogen) atoms. The third-order valence-corrected chi connectivity index (χ3v) is 9.66. The van der Waals surface area contributed by atoms with E-state index in [1.54, 1.807) is 42.0 Å². The number of halogens is 1. The fraction of sp³-hybridized carbons (Fsp3) is 0.306. The third-order valence-electron chi connectivity index (χ3n) is 7.97. The first kappa shape index (κ1) is 35.0. The molecule has 3 amide bonds. The second-order valence-electron chi connectivity index (χ2n) is 11.3. The van der Waals surface area contributed by atoms with Crippen molar-refractivity contribution in [2.24, 2.45) is 5.10 Å². The van der Waals surface area contributed by atoms with E-state index >= 15 is 0 Å². The number of hydrogen-bond donors (Lipinski definition) is 2. The summed E-state index contributed by atoms with van der Waals surface area (Å²) < 4.78 is 11.0. The molecule has 250 valence electrons. The highest BCUT2D eigenvalue weighted by atomic mass is 35.5. The maximum atomic E-state index is 13.6. The van der Waals surface area contributed by atoms with Crippen molar-refractivity contribution >= 4 is 51.7 Å². The summed E-state index contributed by atoms with van der Waals surface area (Å²) in [6.45, 7) is 3.83. The summed E-state index contributed by atoms with van der Waals surface area (Å²) in [6.07, 6.45) is 4.09. The summed E-state index contributed by atoms with van der Waals surface area (Å²) in [7, 11) is 3.58. The standard InChI is InChI=1S/C36H38ClN5O5S/c1-24-36(26-7-5-4-6-8-26)48-32(25-9-12-28(46-3)13-10-25)22-35(45)42(24)20-19-41(2)18-17-38-34(44)23-47-31-15-11-27(21-29(31)37)30-14-16-33(43)40-39-30/h4-13,15,21,32H,14,16-20,23H2,1-3H3,(H,38,44)(H,40,43). The Morgan fingerprint density at radius 2 is 1.85 bits per heavy atom. The van der Waals surface area contributed by atoms with Gasteiger partial charge in [-0.3, -0.25) is 14.4 Å². The molecule has 5 rings (SSSR count). The lowest BCUT2D eigenvalue weighted by Gasteiger charge is -2.26. The predicted octanol–water partition coefficient (Wildman–Crippen LogP) is 5.18. The Balaban J connectivity index is 1.12. The number of ether oxygens (including phenoxy) is 2. The predicted molar refractivity (Wildman–Crippen MR) is 189 cm³/mol. The molecule has 0 fully saturated rings. The van der Waals surface area contributed by atoms with Crippen LogP contribution in [0.2, 0.25) is 5.02 Å². The van der Waals surface area contributed by atoms with Gasteiger partial charge in [0.25, 0.3) is 5.91 Å². The number of likely N-dealkylation sites (N-methyl/N-ethyl adjacent to an activating group) is 1. The average molecular weight is 688 g/mol. The van der Waals surface area contributed by atoms with Gasteiger partial charge >= 0.3 is 0 Å². The summed E-state index contributed by atoms with van der Waals surface area (Å²) in [5.74, 6) is 0.578. The van der Waals surface area contributed by atoms with E-state index in [2.05, 4.69) is 39.3 Å². The highest BCUT2D eigenvalue weighted by molar-refractivity contribution is 8.08. The number of allylic oxidation sites excluding steroid dienone is 1. The third kappa shape index (κ3) is 9.18. The topological polar surface area (TPSA) is 113 Å². The van der Waals surface area contributed by atoms with Crippen LogP contribution < -0.4 is 20.2 Å². The molecular formula is C36H38ClN5O5S. The molecule has 2 radical (unpaired) electrons. The van der Waals surface area contributed by atoms with Crippen LogP contribution in [0.25, 0.3) is 4.91 Å². The zero-order chi connectivity index (χ0) is 34.0. The van der Waals surface area contributed by atoms with E-state index in [9.17, 15) is 14.4 Å². The molecule has 0 spiro atoms. The minimum atomic E-state index is -0.280. The van der Waals surface area contributed by atoms with Gasteiger partial charge in [0.2, 0.25) is 11.8 Å². The Morgan fingerprint density at radius 3 is 2.54 bits per heavy atom. The first-order chi connectivity index (χ1) is 23.2. The van der Waals surface area contributed by atoms with Crippen LogP contribution in [-0.2, 0) is 14.4 Å². The van der Waals surface area contributed by atoms with Crippen molar-refractivity contribution in [3.63, 3.8) is 0 Å². The number of hydrogen-bond acceptors (Lipinski definition) is 8. The van der Waals surface area contributed by atoms with E-state index in [0.717, 1.165) is 38.8 Å². The Morgan fingerprint density at radius 1 is 1.08 bits per heavy atom. The summed E-state index contributed by atoms with van der Waals surface area (Å²) in [5, 5.41) is 7.03. The van der Waals surface area contributed by atoms with Crippen LogP contribution in [0, 0.1) is 6.42 Å². The number of nitrogens with zero attached hydrogens (tertiary/aromatic N) is 3. The van der Waals surface area contributed by atoms with Crippen molar-refractivity contribution in [1.82, 2.24) is 20.5 Å². The number of hydrazone groups is 1. The minimum Gasteiger partial charge on any atom is -0.497 e. The van der Waals surface area contributed by atoms with Gasteiger partial charge in [-0.05, 0) is 61.0 Å². The maximum Gasteiger partial charge on any atom is 0.257 e. The normalized spacial score (nSPS) is 16.7. The van der Waals surface area contributed by atoms with Crippen LogP contribution in [0.15, 0.2) is 83.6 Å². The number of carbonyl (C=O) groups excluding carboxylic acids is 3. The van der Waals surface area contributed by atoms with Crippen molar-refractivity contribution in [3.8, 4) is 11.5 Å². The van der Waals surface area contributed by atoms with E-state index < -0.39 is 0 Å². The molecule has 1 atom stereocenters. The number of carbonyl (C=O) groups is 3. The molecule has 3 aromatic rings. The van der Waals surface area contributed by atoms with Crippen molar-refractivity contribution in [3.05, 3.63) is 107 Å². The Bertz CT molecular complexity index is 1680. The number of thioether (sulfide) groups is 1. The van der Waals surface area contributed by atoms with Gasteiger partial charge in [0.15, 0.2) is 6.61 Å². The summed E-state index contributed by atoms with van der Waals surface area (Å²) in [4.78, 5) is 42.3. The molecule has 0 bridgehead atoms. The van der Waals surface area contributed by atoms with Crippen molar-refractivity contribution in [2.75, 3.05) is 46.9 Å². The van der Waals surface area contributed by atoms with Crippen molar-refractivity contribution in [2.45, 2.75) is 25.0 Å². The number of methoxy groups -OCH3 is 1. The number of amides is 3. The minimum absolute atomic E-state index is 0.116. The molecule has 0 saturated heterocycles. The summed E-state index contributed by atoms with van der Waals surface area (Å²) >= 11 is 8.00. The fourth-order valence-corrected chi connectivity index (χ4v) is 6.68. The smallest absolute Gasteiger partial charge is 0.257 e. The van der Waals surface area contributed by atoms with E-state index in [0.29, 0.717) is 49.8 Å². The maximum absolute atomic E-state index is 13.6. The van der Waals surface area contributed by atoms with Crippen LogP contribution >= 0.6 is 23.4 Å². The monoisotopic (exact) mass is 687 g/mol. The van der Waals surface area contributed by atoms with E-state index in [1.165, 1.54) is 0 Å². The van der Waals surface area contributed by atoms with Crippen LogP contribution in [0.1, 0.15) is 41.7 Å². The molecule has 3 aromatic carbocycles. The number of nitrogens with one attached hydrogen (secondary N) is 2. The van der Waals surface area contributed by atoms with Gasteiger partial charge in [0.05, 0.1) is 29.5 Å². The molecule has 2 heterocycles. The lowest BCUT2D eigenvalue weighted by Crippen LogP contribution is -2.40. The first-order valence-electron chi connectivity index (χ1n) is 15.6. The largest absolute Gasteiger partial charge is 0.497 e. The summed E-state index contributed by atoms with van der Waals surface area (Å²) in [6, 6.07) is 23.0. The molecule has 2 aliphatic heterocycles. The van der Waals surface area contributed by atoms with Crippen LogP contribution in [0.5, 0.6) is 11.5 Å². The van der Waals surface area contributed by atoms with Crippen LogP contribution in [0.4, 0.5) is 0 Å². The van der Waals surface area contributed by atoms with Crippen LogP contribution in [0.3, 0.4) is 0 Å². The molecule has 10 nitrogen and oxygen atoms in total. The lowest BCUT2D eigenvalue weighted by atomic mass is 10.0. The number of benzene rings is 3. The Labute approximate surface area is 290 Å². The van der Waals surface area contributed by atoms with Crippen LogP contribution in [-0.4, -0.2) is 80.2 Å². The SMILES string of the molecule is COc1ccc(C2[C]C(=O)N(CCN(C)CCNC(=O)COc3ccc(C4=NNC(=O)CC4)cc3Cl)C(C)=C(c3ccccc3)S2)cc1. The van der Waals surface area contributed by atoms with E-state index in [1.807, 2.05) is 56.4 Å². The second-order valence-corrected chi connectivity index (χ2v) is 12.9. The zero-order valence-electron chi connectivity index (χ0n) is 27.1. The number of rotatable bonds is 13. The van der Waals surface area contributed by atoms with Gasteiger partial charge in [-0.15, -0.1) is 11.8 Å². The first-order valence-corrected chi connectivity index (χ1v) is 16.9. The highest BCUT2D eigenvalue weighted by Gasteiger charge is 2.31. The Hall–Kier alpha value is -4.32. The molecule has 2 aliphatic rings. The molecule has 0 saturated carbocycles. The van der Waals surface area contributed by atoms with Gasteiger partial charge in [0, 0.05) is 49.6 Å². The van der Waals surface area contributed by atoms with Crippen molar-refractivity contribution < 1.29 is 23.9 Å². The molecular weight excluding hydrogens is 650 g/mol. The van der Waals surface area contributed by atoms with Gasteiger partial charge in [-0.25, -0.2) is 5.43 Å². The van der Waals surface area contributed by atoms with E-state index in [-0.39, 0.29) is 29.6 Å². The second kappa shape index (κ2) is 16.7. The molecule has 1 unspecified atom stereocenters. The summed E-state index contributed by atoms with van der Waals surface area (Å²) in [5.41, 5.74) is 6.89.